The first kappa shape index (κ1) is 14.8. The van der Waals surface area contributed by atoms with Gasteiger partial charge in [-0.15, -0.1) is 0 Å². The molecule has 6 heteroatoms. The van der Waals surface area contributed by atoms with Crippen molar-refractivity contribution in [1.82, 2.24) is 0 Å². The van der Waals surface area contributed by atoms with Crippen molar-refractivity contribution in [3.05, 3.63) is 63.2 Å². The van der Waals surface area contributed by atoms with Gasteiger partial charge in [0.05, 0.1) is 11.3 Å². The van der Waals surface area contributed by atoms with Gasteiger partial charge in [0.15, 0.2) is 0 Å². The highest BCUT2D eigenvalue weighted by atomic mass is 127. The van der Waals surface area contributed by atoms with E-state index in [1.807, 2.05) is 0 Å². The summed E-state index contributed by atoms with van der Waals surface area (Å²) < 4.78 is 39.3. The molecule has 0 heterocycles. The Balaban J connectivity index is 2.26. The highest BCUT2D eigenvalue weighted by molar-refractivity contribution is 14.1. The second-order valence-corrected chi connectivity index (χ2v) is 5.25. The number of carbonyl (C=O) groups is 1. The zero-order valence-electron chi connectivity index (χ0n) is 10.0. The van der Waals surface area contributed by atoms with Crippen LogP contribution in [0.5, 0.6) is 0 Å². The Morgan fingerprint density at radius 3 is 2.20 bits per heavy atom. The van der Waals surface area contributed by atoms with Crippen LogP contribution in [-0.2, 0) is 6.18 Å². The SMILES string of the molecule is O=C(Nc1ccccc1C(F)(F)F)c1ccc(I)cc1. The van der Waals surface area contributed by atoms with Gasteiger partial charge in [-0.2, -0.15) is 13.2 Å². The molecule has 1 amide bonds. The third-order valence-corrected chi connectivity index (χ3v) is 3.31. The lowest BCUT2D eigenvalue weighted by Crippen LogP contribution is -2.16. The molecule has 0 saturated heterocycles. The Hall–Kier alpha value is -1.57. The van der Waals surface area contributed by atoms with Gasteiger partial charge in [-0.3, -0.25) is 4.79 Å². The number of hydrogen-bond acceptors (Lipinski definition) is 1. The van der Waals surface area contributed by atoms with E-state index in [-0.39, 0.29) is 5.69 Å². The molecule has 20 heavy (non-hydrogen) atoms. The lowest BCUT2D eigenvalue weighted by atomic mass is 10.1. The molecule has 0 unspecified atom stereocenters. The van der Waals surface area contributed by atoms with E-state index in [0.29, 0.717) is 5.56 Å². The van der Waals surface area contributed by atoms with Crippen molar-refractivity contribution in [3.8, 4) is 0 Å². The van der Waals surface area contributed by atoms with Gasteiger partial charge in [-0.05, 0) is 59.0 Å². The van der Waals surface area contributed by atoms with Gasteiger partial charge in [-0.25, -0.2) is 0 Å². The molecule has 2 rings (SSSR count). The zero-order chi connectivity index (χ0) is 14.8. The molecule has 0 atom stereocenters. The minimum atomic E-state index is -4.50. The van der Waals surface area contributed by atoms with Gasteiger partial charge in [0.2, 0.25) is 0 Å². The van der Waals surface area contributed by atoms with E-state index in [1.54, 1.807) is 24.3 Å². The maximum Gasteiger partial charge on any atom is 0.418 e. The first-order valence-electron chi connectivity index (χ1n) is 5.61. The number of alkyl halides is 3. The number of rotatable bonds is 2. The summed E-state index contributed by atoms with van der Waals surface area (Å²) in [7, 11) is 0. The summed E-state index contributed by atoms with van der Waals surface area (Å²) in [6.07, 6.45) is -4.50. The maximum absolute atomic E-state index is 12.8. The van der Waals surface area contributed by atoms with Crippen LogP contribution in [0.2, 0.25) is 0 Å². The van der Waals surface area contributed by atoms with E-state index in [1.165, 1.54) is 18.2 Å². The Morgan fingerprint density at radius 2 is 1.60 bits per heavy atom. The number of nitrogens with one attached hydrogen (secondary N) is 1. The smallest absolute Gasteiger partial charge is 0.321 e. The minimum Gasteiger partial charge on any atom is -0.321 e. The number of anilines is 1. The molecule has 0 saturated carbocycles. The second kappa shape index (κ2) is 5.82. The van der Waals surface area contributed by atoms with Crippen LogP contribution in [0.25, 0.3) is 0 Å². The van der Waals surface area contributed by atoms with Gasteiger partial charge in [0.1, 0.15) is 0 Å². The molecular formula is C14H9F3INO. The van der Waals surface area contributed by atoms with E-state index in [4.69, 9.17) is 0 Å². The van der Waals surface area contributed by atoms with Crippen molar-refractivity contribution < 1.29 is 18.0 Å². The van der Waals surface area contributed by atoms with Crippen LogP contribution in [0.1, 0.15) is 15.9 Å². The highest BCUT2D eigenvalue weighted by Crippen LogP contribution is 2.34. The topological polar surface area (TPSA) is 29.1 Å². The Labute approximate surface area is 127 Å². The van der Waals surface area contributed by atoms with Gasteiger partial charge in [0, 0.05) is 9.13 Å². The third kappa shape index (κ3) is 3.50. The maximum atomic E-state index is 12.8. The fourth-order valence-corrected chi connectivity index (χ4v) is 1.99. The number of amides is 1. The molecule has 0 aliphatic heterocycles. The lowest BCUT2D eigenvalue weighted by Gasteiger charge is -2.13. The molecule has 0 spiro atoms. The summed E-state index contributed by atoms with van der Waals surface area (Å²) in [5.41, 5.74) is -0.801. The summed E-state index contributed by atoms with van der Waals surface area (Å²) in [6.45, 7) is 0. The molecular weight excluding hydrogens is 382 g/mol. The molecule has 0 bridgehead atoms. The largest absolute Gasteiger partial charge is 0.418 e. The van der Waals surface area contributed by atoms with Gasteiger partial charge < -0.3 is 5.32 Å². The summed E-state index contributed by atoms with van der Waals surface area (Å²) >= 11 is 2.08. The molecule has 2 aromatic rings. The molecule has 104 valence electrons. The highest BCUT2D eigenvalue weighted by Gasteiger charge is 2.33. The average Bonchev–Trinajstić information content (AvgIpc) is 2.38. The van der Waals surface area contributed by atoms with Crippen molar-refractivity contribution >= 4 is 34.2 Å². The molecule has 2 aromatic carbocycles. The number of para-hydroxylation sites is 1. The molecule has 0 fully saturated rings. The van der Waals surface area contributed by atoms with Crippen LogP contribution in [0.15, 0.2) is 48.5 Å². The Morgan fingerprint density at radius 1 is 1.00 bits per heavy atom. The number of benzene rings is 2. The number of hydrogen-bond donors (Lipinski definition) is 1. The summed E-state index contributed by atoms with van der Waals surface area (Å²) in [4.78, 5) is 11.9. The molecule has 0 aromatic heterocycles. The molecule has 0 aliphatic rings. The fraction of sp³-hybridized carbons (Fsp3) is 0.0714. The molecule has 2 nitrogen and oxygen atoms in total. The van der Waals surface area contributed by atoms with E-state index in [0.717, 1.165) is 9.64 Å². The van der Waals surface area contributed by atoms with Crippen LogP contribution in [0, 0.1) is 3.57 Å². The van der Waals surface area contributed by atoms with Crippen molar-refractivity contribution in [2.75, 3.05) is 5.32 Å². The van der Waals surface area contributed by atoms with E-state index < -0.39 is 17.6 Å². The van der Waals surface area contributed by atoms with Crippen LogP contribution >= 0.6 is 22.6 Å². The Kier molecular flexibility index (Phi) is 4.32. The van der Waals surface area contributed by atoms with Crippen molar-refractivity contribution in [2.45, 2.75) is 6.18 Å². The number of carbonyl (C=O) groups excluding carboxylic acids is 1. The predicted octanol–water partition coefficient (Wildman–Crippen LogP) is 4.56. The summed E-state index contributed by atoms with van der Waals surface area (Å²) in [5.74, 6) is -0.571. The van der Waals surface area contributed by atoms with E-state index in [2.05, 4.69) is 27.9 Å². The zero-order valence-corrected chi connectivity index (χ0v) is 12.2. The monoisotopic (exact) mass is 391 g/mol. The van der Waals surface area contributed by atoms with Gasteiger partial charge in [0.25, 0.3) is 5.91 Å². The van der Waals surface area contributed by atoms with E-state index in [9.17, 15) is 18.0 Å². The average molecular weight is 391 g/mol. The first-order chi connectivity index (χ1) is 9.38. The van der Waals surface area contributed by atoms with Crippen LogP contribution in [0.4, 0.5) is 18.9 Å². The van der Waals surface area contributed by atoms with Crippen LogP contribution < -0.4 is 5.32 Å². The Bertz CT molecular complexity index is 623. The molecule has 1 N–H and O–H groups in total. The van der Waals surface area contributed by atoms with Crippen LogP contribution in [-0.4, -0.2) is 5.91 Å². The van der Waals surface area contributed by atoms with Crippen molar-refractivity contribution in [2.24, 2.45) is 0 Å². The standard InChI is InChI=1S/C14H9F3INO/c15-14(16,17)11-3-1-2-4-12(11)19-13(20)9-5-7-10(18)8-6-9/h1-8H,(H,19,20). The summed E-state index contributed by atoms with van der Waals surface area (Å²) in [5, 5.41) is 2.29. The van der Waals surface area contributed by atoms with Crippen LogP contribution in [0.3, 0.4) is 0 Å². The number of halogens is 4. The summed E-state index contributed by atoms with van der Waals surface area (Å²) in [6, 6.07) is 11.4. The second-order valence-electron chi connectivity index (χ2n) is 4.00. The minimum absolute atomic E-state index is 0.247. The third-order valence-electron chi connectivity index (χ3n) is 2.59. The predicted molar refractivity (Wildman–Crippen MR) is 78.6 cm³/mol. The van der Waals surface area contributed by atoms with Gasteiger partial charge in [-0.1, -0.05) is 12.1 Å². The normalized spacial score (nSPS) is 11.2. The fourth-order valence-electron chi connectivity index (χ4n) is 1.64. The lowest BCUT2D eigenvalue weighted by molar-refractivity contribution is -0.136. The molecule has 0 aliphatic carbocycles. The quantitative estimate of drug-likeness (QED) is 0.748. The van der Waals surface area contributed by atoms with Crippen molar-refractivity contribution in [1.29, 1.82) is 0 Å². The molecule has 0 radical (unpaired) electrons. The van der Waals surface area contributed by atoms with Crippen molar-refractivity contribution in [3.63, 3.8) is 0 Å². The van der Waals surface area contributed by atoms with Gasteiger partial charge >= 0.3 is 6.18 Å². The van der Waals surface area contributed by atoms with E-state index >= 15 is 0 Å². The first-order valence-corrected chi connectivity index (χ1v) is 6.69.